The van der Waals surface area contributed by atoms with Crippen molar-refractivity contribution < 1.29 is 29.9 Å². The zero-order valence-corrected chi connectivity index (χ0v) is 15.0. The van der Waals surface area contributed by atoms with Crippen molar-refractivity contribution in [2.75, 3.05) is 13.2 Å². The predicted molar refractivity (Wildman–Crippen MR) is 91.6 cm³/mol. The van der Waals surface area contributed by atoms with Crippen molar-refractivity contribution in [3.63, 3.8) is 0 Å². The summed E-state index contributed by atoms with van der Waals surface area (Å²) in [7, 11) is 0. The number of rotatable bonds is 14. The van der Waals surface area contributed by atoms with Gasteiger partial charge in [-0.05, 0) is 6.42 Å². The quantitative estimate of drug-likeness (QED) is 0.357. The summed E-state index contributed by atoms with van der Waals surface area (Å²) in [6.45, 7) is 2.15. The van der Waals surface area contributed by atoms with E-state index in [4.69, 9.17) is 14.6 Å². The van der Waals surface area contributed by atoms with Gasteiger partial charge in [0.15, 0.2) is 6.29 Å². The average Bonchev–Trinajstić information content (AvgIpc) is 2.87. The molecule has 0 bridgehead atoms. The Morgan fingerprint density at radius 3 is 1.96 bits per heavy atom. The smallest absolute Gasteiger partial charge is 0.186 e. The molecule has 1 aliphatic heterocycles. The molecule has 5 atom stereocenters. The summed E-state index contributed by atoms with van der Waals surface area (Å²) in [5.74, 6) is 0. The van der Waals surface area contributed by atoms with Crippen LogP contribution in [-0.4, -0.2) is 64.3 Å². The first-order valence-corrected chi connectivity index (χ1v) is 9.54. The van der Waals surface area contributed by atoms with E-state index in [2.05, 4.69) is 6.92 Å². The van der Waals surface area contributed by atoms with E-state index >= 15 is 0 Å². The molecule has 6 heteroatoms. The second-order valence-corrected chi connectivity index (χ2v) is 6.75. The second-order valence-electron chi connectivity index (χ2n) is 6.75. The molecule has 0 aromatic heterocycles. The van der Waals surface area contributed by atoms with Gasteiger partial charge in [0, 0.05) is 6.61 Å². The topological polar surface area (TPSA) is 99.4 Å². The molecule has 1 aliphatic rings. The Morgan fingerprint density at radius 1 is 0.875 bits per heavy atom. The van der Waals surface area contributed by atoms with Gasteiger partial charge < -0.3 is 29.9 Å². The van der Waals surface area contributed by atoms with Gasteiger partial charge in [0.2, 0.25) is 0 Å². The van der Waals surface area contributed by atoms with Crippen molar-refractivity contribution in [1.82, 2.24) is 0 Å². The van der Waals surface area contributed by atoms with Gasteiger partial charge in [0.05, 0.1) is 6.61 Å². The minimum absolute atomic E-state index is 0.451. The molecule has 1 saturated heterocycles. The van der Waals surface area contributed by atoms with Crippen molar-refractivity contribution in [3.05, 3.63) is 0 Å². The highest BCUT2D eigenvalue weighted by Gasteiger charge is 2.46. The lowest BCUT2D eigenvalue weighted by molar-refractivity contribution is -0.181. The zero-order valence-electron chi connectivity index (χ0n) is 15.0. The van der Waals surface area contributed by atoms with Crippen LogP contribution in [0.5, 0.6) is 0 Å². The monoisotopic (exact) mass is 348 g/mol. The van der Waals surface area contributed by atoms with E-state index in [0.29, 0.717) is 6.61 Å². The van der Waals surface area contributed by atoms with Gasteiger partial charge in [-0.25, -0.2) is 0 Å². The molecular weight excluding hydrogens is 312 g/mol. The molecule has 4 N–H and O–H groups in total. The molecule has 0 saturated carbocycles. The number of ether oxygens (including phenoxy) is 2. The largest absolute Gasteiger partial charge is 0.394 e. The van der Waals surface area contributed by atoms with Gasteiger partial charge >= 0.3 is 0 Å². The molecule has 0 radical (unpaired) electrons. The number of aliphatic hydroxyl groups is 4. The lowest BCUT2D eigenvalue weighted by Gasteiger charge is -2.18. The average molecular weight is 348 g/mol. The van der Waals surface area contributed by atoms with Gasteiger partial charge in [-0.2, -0.15) is 0 Å². The lowest BCUT2D eigenvalue weighted by atomic mass is 10.1. The summed E-state index contributed by atoms with van der Waals surface area (Å²) in [5, 5.41) is 38.0. The van der Waals surface area contributed by atoms with Crippen LogP contribution in [0.3, 0.4) is 0 Å². The molecule has 1 heterocycles. The molecule has 6 nitrogen and oxygen atoms in total. The van der Waals surface area contributed by atoms with E-state index in [9.17, 15) is 15.3 Å². The molecule has 0 aliphatic carbocycles. The summed E-state index contributed by atoms with van der Waals surface area (Å²) in [5.41, 5.74) is 0. The van der Waals surface area contributed by atoms with Crippen molar-refractivity contribution in [2.24, 2.45) is 0 Å². The number of aliphatic hydroxyl groups excluding tert-OH is 4. The fraction of sp³-hybridized carbons (Fsp3) is 1.00. The maximum atomic E-state index is 9.84. The van der Waals surface area contributed by atoms with Gasteiger partial charge in [-0.1, -0.05) is 64.7 Å². The van der Waals surface area contributed by atoms with Crippen LogP contribution in [0, 0.1) is 0 Å². The molecule has 1 rings (SSSR count). The van der Waals surface area contributed by atoms with Crippen molar-refractivity contribution in [3.8, 4) is 0 Å². The van der Waals surface area contributed by atoms with Crippen LogP contribution in [0.15, 0.2) is 0 Å². The summed E-state index contributed by atoms with van der Waals surface area (Å²) < 4.78 is 10.8. The van der Waals surface area contributed by atoms with E-state index in [1.54, 1.807) is 0 Å². The van der Waals surface area contributed by atoms with E-state index in [-0.39, 0.29) is 0 Å². The molecule has 0 unspecified atom stereocenters. The molecule has 144 valence electrons. The summed E-state index contributed by atoms with van der Waals surface area (Å²) in [4.78, 5) is 0. The standard InChI is InChI=1S/C18H36O6/c1-2-3-4-5-6-7-8-9-10-11-12-23-18-16(22)15(21)17(24-18)14(20)13-19/h14-22H,2-13H2,1H3/t14-,15-,16-,17-,18-/m1/s1. The maximum absolute atomic E-state index is 9.84. The third-order valence-electron chi connectivity index (χ3n) is 4.60. The molecule has 0 aromatic carbocycles. The van der Waals surface area contributed by atoms with Gasteiger partial charge in [-0.3, -0.25) is 0 Å². The lowest BCUT2D eigenvalue weighted by Crippen LogP contribution is -2.40. The molecule has 0 amide bonds. The van der Waals surface area contributed by atoms with Crippen LogP contribution in [0.4, 0.5) is 0 Å². The molecule has 0 aromatic rings. The molecule has 0 spiro atoms. The first-order chi connectivity index (χ1) is 11.6. The Balaban J connectivity index is 1.99. The highest BCUT2D eigenvalue weighted by atomic mass is 16.7. The Hall–Kier alpha value is -0.240. The van der Waals surface area contributed by atoms with Gasteiger partial charge in [0.25, 0.3) is 0 Å². The predicted octanol–water partition coefficient (Wildman–Crippen LogP) is 1.72. The summed E-state index contributed by atoms with van der Waals surface area (Å²) in [6, 6.07) is 0. The van der Waals surface area contributed by atoms with Crippen molar-refractivity contribution in [1.29, 1.82) is 0 Å². The van der Waals surface area contributed by atoms with E-state index in [1.807, 2.05) is 0 Å². The van der Waals surface area contributed by atoms with Crippen LogP contribution < -0.4 is 0 Å². The van der Waals surface area contributed by atoms with E-state index < -0.39 is 37.3 Å². The zero-order chi connectivity index (χ0) is 17.8. The Morgan fingerprint density at radius 2 is 1.42 bits per heavy atom. The molecular formula is C18H36O6. The first kappa shape index (κ1) is 21.8. The Bertz CT molecular complexity index is 301. The van der Waals surface area contributed by atoms with E-state index in [0.717, 1.165) is 12.8 Å². The van der Waals surface area contributed by atoms with Crippen molar-refractivity contribution >= 4 is 0 Å². The summed E-state index contributed by atoms with van der Waals surface area (Å²) in [6.07, 6.45) is 6.72. The van der Waals surface area contributed by atoms with Gasteiger partial charge in [-0.15, -0.1) is 0 Å². The first-order valence-electron chi connectivity index (χ1n) is 9.54. The maximum Gasteiger partial charge on any atom is 0.186 e. The fourth-order valence-electron chi connectivity index (χ4n) is 3.02. The number of unbranched alkanes of at least 4 members (excludes halogenated alkanes) is 9. The third kappa shape index (κ3) is 7.76. The number of hydrogen-bond acceptors (Lipinski definition) is 6. The fourth-order valence-corrected chi connectivity index (χ4v) is 3.02. The SMILES string of the molecule is CCCCCCCCCCCCO[C@@H]1O[C@H]([C@H](O)CO)[C@H](O)[C@H]1O. The third-order valence-corrected chi connectivity index (χ3v) is 4.60. The van der Waals surface area contributed by atoms with Crippen LogP contribution in [0.1, 0.15) is 71.1 Å². The van der Waals surface area contributed by atoms with E-state index in [1.165, 1.54) is 51.4 Å². The molecule has 1 fully saturated rings. The Labute approximate surface area is 145 Å². The summed E-state index contributed by atoms with van der Waals surface area (Å²) >= 11 is 0. The minimum atomic E-state index is -1.25. The number of hydrogen-bond donors (Lipinski definition) is 4. The Kier molecular flexibility index (Phi) is 11.8. The van der Waals surface area contributed by atoms with Crippen LogP contribution in [0.2, 0.25) is 0 Å². The highest BCUT2D eigenvalue weighted by molar-refractivity contribution is 4.90. The van der Waals surface area contributed by atoms with Crippen LogP contribution in [-0.2, 0) is 9.47 Å². The highest BCUT2D eigenvalue weighted by Crippen LogP contribution is 2.24. The minimum Gasteiger partial charge on any atom is -0.394 e. The normalized spacial score (nSPS) is 28.4. The van der Waals surface area contributed by atoms with Crippen molar-refractivity contribution in [2.45, 2.75) is 102 Å². The van der Waals surface area contributed by atoms with Gasteiger partial charge in [0.1, 0.15) is 24.4 Å². The van der Waals surface area contributed by atoms with Crippen LogP contribution >= 0.6 is 0 Å². The van der Waals surface area contributed by atoms with Crippen LogP contribution in [0.25, 0.3) is 0 Å². The molecule has 24 heavy (non-hydrogen) atoms. The second kappa shape index (κ2) is 13.0.